The number of hydrogen-bond donors (Lipinski definition) is 1. The second kappa shape index (κ2) is 9.56. The minimum Gasteiger partial charge on any atom is -0.379 e. The summed E-state index contributed by atoms with van der Waals surface area (Å²) in [5, 5.41) is 3.61. The van der Waals surface area contributed by atoms with Crippen molar-refractivity contribution < 1.29 is 4.79 Å². The average Bonchev–Trinajstić information content (AvgIpc) is 2.83. The molecule has 4 rings (SSSR count). The molecule has 160 valence electrons. The lowest BCUT2D eigenvalue weighted by Crippen LogP contribution is -2.48. The van der Waals surface area contributed by atoms with Crippen LogP contribution in [0, 0.1) is 0 Å². The summed E-state index contributed by atoms with van der Waals surface area (Å²) in [6.45, 7) is 3.91. The van der Waals surface area contributed by atoms with Crippen molar-refractivity contribution in [3.63, 3.8) is 0 Å². The highest BCUT2D eigenvalue weighted by Gasteiger charge is 2.22. The van der Waals surface area contributed by atoms with E-state index in [2.05, 4.69) is 71.7 Å². The number of anilines is 3. The van der Waals surface area contributed by atoms with Crippen LogP contribution in [0.5, 0.6) is 0 Å². The largest absolute Gasteiger partial charge is 0.379 e. The number of nitrogens with one attached hydrogen (secondary N) is 1. The monoisotopic (exact) mass is 414 g/mol. The Bertz CT molecular complexity index is 996. The lowest BCUT2D eigenvalue weighted by molar-refractivity contribution is 0.0747. The summed E-state index contributed by atoms with van der Waals surface area (Å²) in [5.74, 6) is 0.119. The van der Waals surface area contributed by atoms with Crippen molar-refractivity contribution in [3.8, 4) is 0 Å². The topological polar surface area (TPSA) is 38.8 Å². The Labute approximate surface area is 184 Å². The van der Waals surface area contributed by atoms with Gasteiger partial charge in [0.1, 0.15) is 0 Å². The average molecular weight is 415 g/mol. The summed E-state index contributed by atoms with van der Waals surface area (Å²) in [7, 11) is 4.13. The van der Waals surface area contributed by atoms with Crippen molar-refractivity contribution in [2.75, 3.05) is 55.4 Å². The molecule has 0 bridgehead atoms. The van der Waals surface area contributed by atoms with Gasteiger partial charge in [0.2, 0.25) is 0 Å². The first-order valence-electron chi connectivity index (χ1n) is 10.8. The molecule has 0 aliphatic carbocycles. The third kappa shape index (κ3) is 5.00. The van der Waals surface area contributed by atoms with Crippen LogP contribution in [0.4, 0.5) is 17.1 Å². The molecule has 1 aliphatic heterocycles. The van der Waals surface area contributed by atoms with Gasteiger partial charge in [-0.1, -0.05) is 48.5 Å². The van der Waals surface area contributed by atoms with Gasteiger partial charge in [-0.3, -0.25) is 4.79 Å². The highest BCUT2D eigenvalue weighted by molar-refractivity contribution is 5.94. The van der Waals surface area contributed by atoms with Crippen molar-refractivity contribution >= 4 is 23.0 Å². The molecule has 3 aromatic rings. The van der Waals surface area contributed by atoms with Crippen LogP contribution in [0.1, 0.15) is 15.9 Å². The van der Waals surface area contributed by atoms with Gasteiger partial charge >= 0.3 is 0 Å². The molecule has 0 aromatic heterocycles. The highest BCUT2D eigenvalue weighted by Crippen LogP contribution is 2.31. The second-order valence-corrected chi connectivity index (χ2v) is 8.08. The van der Waals surface area contributed by atoms with E-state index in [-0.39, 0.29) is 5.91 Å². The number of rotatable bonds is 6. The molecular weight excluding hydrogens is 384 g/mol. The first-order chi connectivity index (χ1) is 15.1. The number of hydrogen-bond acceptors (Lipinski definition) is 4. The van der Waals surface area contributed by atoms with Crippen molar-refractivity contribution in [3.05, 3.63) is 90.0 Å². The van der Waals surface area contributed by atoms with Crippen LogP contribution in [0.2, 0.25) is 0 Å². The quantitative estimate of drug-likeness (QED) is 0.652. The number of nitrogens with zero attached hydrogens (tertiary/aromatic N) is 3. The molecule has 5 nitrogen and oxygen atoms in total. The van der Waals surface area contributed by atoms with Gasteiger partial charge < -0.3 is 20.0 Å². The maximum Gasteiger partial charge on any atom is 0.253 e. The molecule has 1 heterocycles. The van der Waals surface area contributed by atoms with Gasteiger partial charge in [-0.2, -0.15) is 0 Å². The summed E-state index contributed by atoms with van der Waals surface area (Å²) < 4.78 is 0. The zero-order valence-corrected chi connectivity index (χ0v) is 18.3. The predicted molar refractivity (Wildman–Crippen MR) is 129 cm³/mol. The van der Waals surface area contributed by atoms with Crippen LogP contribution in [-0.2, 0) is 6.54 Å². The van der Waals surface area contributed by atoms with Crippen molar-refractivity contribution in [2.45, 2.75) is 6.54 Å². The van der Waals surface area contributed by atoms with Gasteiger partial charge in [-0.25, -0.2) is 0 Å². The van der Waals surface area contributed by atoms with Gasteiger partial charge in [0.05, 0.1) is 11.4 Å². The van der Waals surface area contributed by atoms with E-state index in [4.69, 9.17) is 0 Å². The fraction of sp³-hybridized carbons (Fsp3) is 0.269. The van der Waals surface area contributed by atoms with Gasteiger partial charge in [0.25, 0.3) is 5.91 Å². The van der Waals surface area contributed by atoms with Crippen molar-refractivity contribution in [1.29, 1.82) is 0 Å². The molecule has 5 heteroatoms. The molecule has 0 unspecified atom stereocenters. The van der Waals surface area contributed by atoms with Gasteiger partial charge in [0.15, 0.2) is 0 Å². The predicted octanol–water partition coefficient (Wildman–Crippen LogP) is 4.33. The van der Waals surface area contributed by atoms with E-state index in [0.29, 0.717) is 0 Å². The minimum atomic E-state index is 0.119. The fourth-order valence-corrected chi connectivity index (χ4v) is 3.98. The van der Waals surface area contributed by atoms with Crippen LogP contribution in [0.15, 0.2) is 78.9 Å². The Balaban J connectivity index is 1.44. The third-order valence-electron chi connectivity index (χ3n) is 5.74. The van der Waals surface area contributed by atoms with E-state index in [9.17, 15) is 4.79 Å². The summed E-state index contributed by atoms with van der Waals surface area (Å²) in [5.41, 5.74) is 5.49. The van der Waals surface area contributed by atoms with Crippen molar-refractivity contribution in [1.82, 2.24) is 4.90 Å². The highest BCUT2D eigenvalue weighted by atomic mass is 16.2. The van der Waals surface area contributed by atoms with Crippen molar-refractivity contribution in [2.24, 2.45) is 0 Å². The molecule has 1 N–H and O–H groups in total. The molecule has 31 heavy (non-hydrogen) atoms. The van der Waals surface area contributed by atoms with Crippen LogP contribution in [0.25, 0.3) is 0 Å². The number of carbonyl (C=O) groups excluding carboxylic acids is 1. The Morgan fingerprint density at radius 2 is 1.52 bits per heavy atom. The smallest absolute Gasteiger partial charge is 0.253 e. The fourth-order valence-electron chi connectivity index (χ4n) is 3.98. The number of piperazine rings is 1. The van der Waals surface area contributed by atoms with Gasteiger partial charge in [-0.15, -0.1) is 0 Å². The van der Waals surface area contributed by atoms with E-state index >= 15 is 0 Å². The molecule has 1 saturated heterocycles. The van der Waals surface area contributed by atoms with Crippen LogP contribution in [-0.4, -0.2) is 51.1 Å². The molecule has 1 amide bonds. The molecular formula is C26H30N4O. The SMILES string of the molecule is CN(C)c1ccc(N2CCN(C(=O)c3ccccc3)CC2)cc1NCc1ccccc1. The summed E-state index contributed by atoms with van der Waals surface area (Å²) in [6.07, 6.45) is 0. The Hall–Kier alpha value is -3.47. The molecule has 1 aliphatic rings. The number of benzene rings is 3. The Kier molecular flexibility index (Phi) is 6.41. The van der Waals surface area contributed by atoms with E-state index in [1.807, 2.05) is 41.3 Å². The van der Waals surface area contributed by atoms with E-state index in [1.54, 1.807) is 0 Å². The zero-order chi connectivity index (χ0) is 21.6. The van der Waals surface area contributed by atoms with Crippen LogP contribution in [0.3, 0.4) is 0 Å². The summed E-state index contributed by atoms with van der Waals surface area (Å²) >= 11 is 0. The Morgan fingerprint density at radius 3 is 2.16 bits per heavy atom. The minimum absolute atomic E-state index is 0.119. The number of amides is 1. The van der Waals surface area contributed by atoms with Gasteiger partial charge in [-0.05, 0) is 35.9 Å². The second-order valence-electron chi connectivity index (χ2n) is 8.08. The summed E-state index contributed by atoms with van der Waals surface area (Å²) in [4.78, 5) is 19.2. The maximum atomic E-state index is 12.7. The van der Waals surface area contributed by atoms with E-state index in [1.165, 1.54) is 11.3 Å². The molecule has 0 spiro atoms. The summed E-state index contributed by atoms with van der Waals surface area (Å²) in [6, 6.07) is 26.6. The maximum absolute atomic E-state index is 12.7. The first kappa shape index (κ1) is 20.8. The molecule has 0 saturated carbocycles. The standard InChI is InChI=1S/C26H30N4O/c1-28(2)25-14-13-23(19-24(25)27-20-21-9-5-3-6-10-21)29-15-17-30(18-16-29)26(31)22-11-7-4-8-12-22/h3-14,19,27H,15-18,20H2,1-2H3. The van der Waals surface area contributed by atoms with Crippen LogP contribution < -0.4 is 15.1 Å². The van der Waals surface area contributed by atoms with E-state index in [0.717, 1.165) is 49.7 Å². The number of carbonyl (C=O) groups is 1. The molecule has 1 fully saturated rings. The lowest BCUT2D eigenvalue weighted by atomic mass is 10.1. The normalized spacial score (nSPS) is 13.7. The molecule has 0 atom stereocenters. The lowest BCUT2D eigenvalue weighted by Gasteiger charge is -2.36. The third-order valence-corrected chi connectivity index (χ3v) is 5.74. The Morgan fingerprint density at radius 1 is 0.871 bits per heavy atom. The molecule has 3 aromatic carbocycles. The zero-order valence-electron chi connectivity index (χ0n) is 18.3. The molecule has 0 radical (unpaired) electrons. The first-order valence-corrected chi connectivity index (χ1v) is 10.8. The van der Waals surface area contributed by atoms with Gasteiger partial charge in [0, 0.05) is 58.1 Å². The van der Waals surface area contributed by atoms with Crippen LogP contribution >= 0.6 is 0 Å². The van der Waals surface area contributed by atoms with E-state index < -0.39 is 0 Å².